The van der Waals surface area contributed by atoms with Gasteiger partial charge >= 0.3 is 0 Å². The van der Waals surface area contributed by atoms with E-state index in [0.29, 0.717) is 5.41 Å². The van der Waals surface area contributed by atoms with Crippen molar-refractivity contribution in [1.29, 1.82) is 0 Å². The first-order chi connectivity index (χ1) is 27.5. The third-order valence-corrected chi connectivity index (χ3v) is 12.7. The summed E-state index contributed by atoms with van der Waals surface area (Å²) in [6, 6.07) is 55.4. The molecule has 58 heavy (non-hydrogen) atoms. The molecular formula is C55H54IrN2-2. The van der Waals surface area contributed by atoms with E-state index >= 15 is 0 Å². The van der Waals surface area contributed by atoms with Gasteiger partial charge in [-0.2, -0.15) is 0 Å². The molecule has 8 rings (SSSR count). The summed E-state index contributed by atoms with van der Waals surface area (Å²) in [6.07, 6.45) is 10.7. The van der Waals surface area contributed by atoms with Crippen LogP contribution in [0.5, 0.6) is 0 Å². The first-order valence-corrected chi connectivity index (χ1v) is 20.7. The first-order valence-electron chi connectivity index (χ1n) is 20.7. The van der Waals surface area contributed by atoms with Crippen molar-refractivity contribution < 1.29 is 20.1 Å². The molecule has 0 aliphatic heterocycles. The van der Waals surface area contributed by atoms with Gasteiger partial charge in [-0.05, 0) is 107 Å². The van der Waals surface area contributed by atoms with Gasteiger partial charge in [-0.15, -0.1) is 65.2 Å². The summed E-state index contributed by atoms with van der Waals surface area (Å²) in [4.78, 5) is 9.26. The van der Waals surface area contributed by atoms with Crippen LogP contribution in [0.15, 0.2) is 146 Å². The van der Waals surface area contributed by atoms with Gasteiger partial charge in [0.2, 0.25) is 0 Å². The van der Waals surface area contributed by atoms with Crippen molar-refractivity contribution in [2.24, 2.45) is 10.8 Å². The standard InChI is InChI=1S/C55H54N2.Ir/c1-39-35-41(15-14-40-16-18-44(19-17-40)51-13-9-10-33-56-51)37-47(36-39)50-12-8-7-11-49(50)43-20-22-45(23-21-43)52-38-46(28-34-57-52)42-24-26-48(27-25-42)55(53(2,3)4)31-29-54(5,6)30-32-55;/h7-13,16-18,20-22,24-28,33-38H,14-15,29-32H2,1-6H3;/q-2;. The molecule has 7 aromatic rings. The Morgan fingerprint density at radius 1 is 0.552 bits per heavy atom. The Kier molecular flexibility index (Phi) is 12.2. The Hall–Kier alpha value is -4.95. The van der Waals surface area contributed by atoms with Gasteiger partial charge in [-0.1, -0.05) is 143 Å². The Morgan fingerprint density at radius 3 is 1.84 bits per heavy atom. The zero-order valence-electron chi connectivity index (χ0n) is 34.8. The zero-order chi connectivity index (χ0) is 39.6. The number of aromatic nitrogens is 2. The predicted octanol–water partition coefficient (Wildman–Crippen LogP) is 14.4. The van der Waals surface area contributed by atoms with E-state index in [-0.39, 0.29) is 30.9 Å². The average molecular weight is 935 g/mol. The third kappa shape index (κ3) is 8.87. The molecule has 2 heterocycles. The van der Waals surface area contributed by atoms with Crippen molar-refractivity contribution in [2.75, 3.05) is 0 Å². The van der Waals surface area contributed by atoms with Crippen LogP contribution in [0.25, 0.3) is 55.9 Å². The van der Waals surface area contributed by atoms with Crippen LogP contribution in [-0.4, -0.2) is 9.97 Å². The second kappa shape index (κ2) is 17.1. The largest absolute Gasteiger partial charge is 0.305 e. The van der Waals surface area contributed by atoms with E-state index in [1.807, 2.05) is 30.6 Å². The van der Waals surface area contributed by atoms with E-state index in [1.54, 1.807) is 0 Å². The second-order valence-corrected chi connectivity index (χ2v) is 18.1. The maximum Gasteiger partial charge on any atom is 0.0166 e. The molecule has 1 aliphatic carbocycles. The number of pyridine rings is 2. The van der Waals surface area contributed by atoms with E-state index in [9.17, 15) is 0 Å². The minimum Gasteiger partial charge on any atom is -0.305 e. The maximum absolute atomic E-state index is 4.79. The van der Waals surface area contributed by atoms with Crippen LogP contribution in [0.2, 0.25) is 0 Å². The van der Waals surface area contributed by atoms with Crippen molar-refractivity contribution >= 4 is 0 Å². The molecule has 1 aliphatic rings. The molecule has 1 radical (unpaired) electrons. The predicted molar refractivity (Wildman–Crippen MR) is 239 cm³/mol. The summed E-state index contributed by atoms with van der Waals surface area (Å²) in [6.45, 7) is 14.4. The molecule has 0 atom stereocenters. The molecule has 295 valence electrons. The molecule has 1 saturated carbocycles. The molecule has 0 spiro atoms. The van der Waals surface area contributed by atoms with E-state index in [2.05, 4.69) is 174 Å². The minimum atomic E-state index is 0. The van der Waals surface area contributed by atoms with Crippen LogP contribution in [0.4, 0.5) is 0 Å². The van der Waals surface area contributed by atoms with Crippen molar-refractivity contribution in [3.8, 4) is 55.9 Å². The Balaban J connectivity index is 0.00000512. The van der Waals surface area contributed by atoms with Crippen LogP contribution >= 0.6 is 0 Å². The third-order valence-electron chi connectivity index (χ3n) is 12.7. The van der Waals surface area contributed by atoms with E-state index in [1.165, 1.54) is 75.8 Å². The van der Waals surface area contributed by atoms with E-state index in [4.69, 9.17) is 4.98 Å². The number of rotatable bonds is 9. The smallest absolute Gasteiger partial charge is 0.0166 e. The van der Waals surface area contributed by atoms with E-state index in [0.717, 1.165) is 40.9 Å². The fourth-order valence-electron chi connectivity index (χ4n) is 9.05. The van der Waals surface area contributed by atoms with Crippen LogP contribution < -0.4 is 0 Å². The number of hydrogen-bond donors (Lipinski definition) is 0. The fourth-order valence-corrected chi connectivity index (χ4v) is 9.05. The normalized spacial score (nSPS) is 14.7. The van der Waals surface area contributed by atoms with Gasteiger partial charge in [0.15, 0.2) is 0 Å². The van der Waals surface area contributed by atoms with Gasteiger partial charge in [-0.25, -0.2) is 0 Å². The molecular weight excluding hydrogens is 881 g/mol. The average Bonchev–Trinajstić information content (AvgIpc) is 3.23. The number of benzene rings is 5. The zero-order valence-corrected chi connectivity index (χ0v) is 37.2. The Labute approximate surface area is 360 Å². The van der Waals surface area contributed by atoms with Gasteiger partial charge in [0.1, 0.15) is 0 Å². The fraction of sp³-hybridized carbons (Fsp3) is 0.273. The summed E-state index contributed by atoms with van der Waals surface area (Å²) in [5.41, 5.74) is 17.3. The quantitative estimate of drug-likeness (QED) is 0.135. The van der Waals surface area contributed by atoms with Crippen LogP contribution in [0.3, 0.4) is 0 Å². The van der Waals surface area contributed by atoms with Gasteiger partial charge in [0.25, 0.3) is 0 Å². The molecule has 5 aromatic carbocycles. The Morgan fingerprint density at radius 2 is 1.19 bits per heavy atom. The van der Waals surface area contributed by atoms with Crippen LogP contribution in [-0.2, 0) is 38.4 Å². The molecule has 1 fully saturated rings. The van der Waals surface area contributed by atoms with Crippen LogP contribution in [0, 0.1) is 29.9 Å². The first kappa shape index (κ1) is 41.2. The van der Waals surface area contributed by atoms with Gasteiger partial charge in [0.05, 0.1) is 0 Å². The molecule has 0 bridgehead atoms. The van der Waals surface area contributed by atoms with Crippen molar-refractivity contribution in [3.63, 3.8) is 0 Å². The summed E-state index contributed by atoms with van der Waals surface area (Å²) >= 11 is 0. The summed E-state index contributed by atoms with van der Waals surface area (Å²) in [5.74, 6) is 0. The topological polar surface area (TPSA) is 25.8 Å². The number of nitrogens with zero attached hydrogens (tertiary/aromatic N) is 2. The Bertz CT molecular complexity index is 2450. The van der Waals surface area contributed by atoms with Crippen molar-refractivity contribution in [1.82, 2.24) is 9.97 Å². The van der Waals surface area contributed by atoms with Gasteiger partial charge < -0.3 is 9.97 Å². The molecule has 0 N–H and O–H groups in total. The van der Waals surface area contributed by atoms with E-state index < -0.39 is 0 Å². The summed E-state index contributed by atoms with van der Waals surface area (Å²) in [7, 11) is 0. The molecule has 3 heteroatoms. The van der Waals surface area contributed by atoms with Crippen molar-refractivity contribution in [3.05, 3.63) is 180 Å². The molecule has 0 amide bonds. The monoisotopic (exact) mass is 935 g/mol. The van der Waals surface area contributed by atoms with Gasteiger partial charge in [-0.3, -0.25) is 0 Å². The SMILES string of the molecule is Cc1cc(CCc2c[c-]c(-c3ccccn3)cc2)cc(-c2ccccc2-c2c[c-]c(-c3cc(-c4ccc(C5(C(C)(C)C)CCC(C)(C)CC5)cc4)ccn3)cc2)c1.[Ir]. The summed E-state index contributed by atoms with van der Waals surface area (Å²) < 4.78 is 0. The van der Waals surface area contributed by atoms with Gasteiger partial charge in [0, 0.05) is 37.9 Å². The van der Waals surface area contributed by atoms with Crippen LogP contribution in [0.1, 0.15) is 82.6 Å². The maximum atomic E-state index is 4.79. The molecule has 0 saturated heterocycles. The summed E-state index contributed by atoms with van der Waals surface area (Å²) in [5, 5.41) is 0. The molecule has 0 unspecified atom stereocenters. The molecule has 2 nitrogen and oxygen atoms in total. The van der Waals surface area contributed by atoms with Crippen molar-refractivity contribution in [2.45, 2.75) is 85.5 Å². The number of aryl methyl sites for hydroxylation is 3. The number of hydrogen-bond acceptors (Lipinski definition) is 2. The molecule has 2 aromatic heterocycles. The second-order valence-electron chi connectivity index (χ2n) is 18.1. The minimum absolute atomic E-state index is 0.